The molecule has 2 aliphatic rings. The highest BCUT2D eigenvalue weighted by Crippen LogP contribution is 2.19. The number of aliphatic carboxylic acids is 1. The monoisotopic (exact) mass is 236 g/mol. The van der Waals surface area contributed by atoms with Gasteiger partial charge in [-0.25, -0.2) is 0 Å². The van der Waals surface area contributed by atoms with Crippen LogP contribution in [-0.2, 0) is 14.4 Å². The summed E-state index contributed by atoms with van der Waals surface area (Å²) >= 11 is 0. The predicted octanol–water partition coefficient (Wildman–Crippen LogP) is 0.281. The molecule has 0 aromatic rings. The lowest BCUT2D eigenvalue weighted by Gasteiger charge is -2.31. The van der Waals surface area contributed by atoms with Crippen LogP contribution in [0.2, 0.25) is 0 Å². The zero-order valence-electron chi connectivity index (χ0n) is 9.13. The fourth-order valence-electron chi connectivity index (χ4n) is 1.89. The Morgan fingerprint density at radius 2 is 1.94 bits per heavy atom. The van der Waals surface area contributed by atoms with Gasteiger partial charge in [-0.1, -0.05) is 6.08 Å². The molecule has 0 radical (unpaired) electrons. The van der Waals surface area contributed by atoms with Crippen LogP contribution in [0.15, 0.2) is 23.9 Å². The molecule has 0 atom stereocenters. The summed E-state index contributed by atoms with van der Waals surface area (Å²) in [7, 11) is 0. The lowest BCUT2D eigenvalue weighted by Crippen LogP contribution is -2.44. The number of rotatable bonds is 3. The van der Waals surface area contributed by atoms with Crippen molar-refractivity contribution in [2.75, 3.05) is 6.54 Å². The number of hydrogen-bond acceptors (Lipinski definition) is 4. The second-order valence-corrected chi connectivity index (χ2v) is 3.93. The standard InChI is InChI=1S/C11H12N2O4/c14-9-3-4-10(15)13(9)12-5-1-2-8(7-12)6-11(16)17/h1-2,5H,3-4,6-7H2,(H,16,17). The molecule has 0 aromatic heterocycles. The van der Waals surface area contributed by atoms with E-state index in [-0.39, 0.29) is 37.6 Å². The average Bonchev–Trinajstić information content (AvgIpc) is 2.58. The number of hydrazine groups is 1. The summed E-state index contributed by atoms with van der Waals surface area (Å²) < 4.78 is 0. The van der Waals surface area contributed by atoms with E-state index in [4.69, 9.17) is 5.11 Å². The summed E-state index contributed by atoms with van der Waals surface area (Å²) in [5, 5.41) is 11.2. The third-order valence-electron chi connectivity index (χ3n) is 2.62. The number of hydrogen-bond donors (Lipinski definition) is 1. The van der Waals surface area contributed by atoms with Crippen molar-refractivity contribution in [3.8, 4) is 0 Å². The molecule has 90 valence electrons. The number of amides is 2. The highest BCUT2D eigenvalue weighted by Gasteiger charge is 2.33. The maximum absolute atomic E-state index is 11.5. The predicted molar refractivity (Wildman–Crippen MR) is 57.3 cm³/mol. The van der Waals surface area contributed by atoms with E-state index < -0.39 is 5.97 Å². The number of carbonyl (C=O) groups excluding carboxylic acids is 2. The zero-order chi connectivity index (χ0) is 12.4. The summed E-state index contributed by atoms with van der Waals surface area (Å²) in [6.07, 6.45) is 5.29. The maximum atomic E-state index is 11.5. The first-order valence-corrected chi connectivity index (χ1v) is 5.28. The van der Waals surface area contributed by atoms with Gasteiger partial charge in [-0.2, -0.15) is 5.01 Å². The molecular weight excluding hydrogens is 224 g/mol. The Morgan fingerprint density at radius 1 is 1.29 bits per heavy atom. The van der Waals surface area contributed by atoms with Crippen molar-refractivity contribution in [3.63, 3.8) is 0 Å². The molecular formula is C11H12N2O4. The Morgan fingerprint density at radius 3 is 2.53 bits per heavy atom. The maximum Gasteiger partial charge on any atom is 0.307 e. The van der Waals surface area contributed by atoms with Crippen LogP contribution in [0.5, 0.6) is 0 Å². The number of carboxylic acids is 1. The molecule has 17 heavy (non-hydrogen) atoms. The molecule has 0 spiro atoms. The van der Waals surface area contributed by atoms with Gasteiger partial charge in [0.05, 0.1) is 13.0 Å². The average molecular weight is 236 g/mol. The van der Waals surface area contributed by atoms with Crippen molar-refractivity contribution < 1.29 is 19.5 Å². The van der Waals surface area contributed by atoms with Crippen molar-refractivity contribution in [3.05, 3.63) is 23.9 Å². The number of nitrogens with zero attached hydrogens (tertiary/aromatic N) is 2. The Hall–Kier alpha value is -2.11. The van der Waals surface area contributed by atoms with Crippen molar-refractivity contribution in [2.45, 2.75) is 19.3 Å². The van der Waals surface area contributed by atoms with Gasteiger partial charge in [0, 0.05) is 19.0 Å². The number of carbonyl (C=O) groups is 3. The van der Waals surface area contributed by atoms with Crippen LogP contribution in [0.1, 0.15) is 19.3 Å². The van der Waals surface area contributed by atoms with Gasteiger partial charge in [-0.05, 0) is 11.6 Å². The molecule has 0 unspecified atom stereocenters. The van der Waals surface area contributed by atoms with Crippen LogP contribution in [0.4, 0.5) is 0 Å². The summed E-state index contributed by atoms with van der Waals surface area (Å²) in [4.78, 5) is 33.6. The minimum Gasteiger partial charge on any atom is -0.481 e. The van der Waals surface area contributed by atoms with Gasteiger partial charge >= 0.3 is 5.97 Å². The highest BCUT2D eigenvalue weighted by molar-refractivity contribution is 6.01. The van der Waals surface area contributed by atoms with Gasteiger partial charge in [0.1, 0.15) is 0 Å². The van der Waals surface area contributed by atoms with Crippen molar-refractivity contribution in [2.24, 2.45) is 0 Å². The van der Waals surface area contributed by atoms with E-state index in [0.717, 1.165) is 5.01 Å². The summed E-state index contributed by atoms with van der Waals surface area (Å²) in [5.74, 6) is -1.40. The first kappa shape index (κ1) is 11.4. The van der Waals surface area contributed by atoms with E-state index >= 15 is 0 Å². The van der Waals surface area contributed by atoms with E-state index in [9.17, 15) is 14.4 Å². The third kappa shape index (κ3) is 2.35. The van der Waals surface area contributed by atoms with Gasteiger partial charge < -0.3 is 5.11 Å². The fraction of sp³-hybridized carbons (Fsp3) is 0.364. The first-order valence-electron chi connectivity index (χ1n) is 5.28. The van der Waals surface area contributed by atoms with Crippen LogP contribution in [0.3, 0.4) is 0 Å². The number of allylic oxidation sites excluding steroid dienone is 2. The van der Waals surface area contributed by atoms with E-state index in [1.807, 2.05) is 0 Å². The van der Waals surface area contributed by atoms with E-state index in [2.05, 4.69) is 0 Å². The molecule has 1 saturated heterocycles. The molecule has 0 aromatic carbocycles. The van der Waals surface area contributed by atoms with E-state index in [1.54, 1.807) is 18.4 Å². The highest BCUT2D eigenvalue weighted by atomic mass is 16.4. The summed E-state index contributed by atoms with van der Waals surface area (Å²) in [6, 6.07) is 0. The molecule has 1 fully saturated rings. The lowest BCUT2D eigenvalue weighted by atomic mass is 10.1. The molecule has 0 aliphatic carbocycles. The number of carboxylic acid groups (broad SMARTS) is 1. The van der Waals surface area contributed by atoms with Gasteiger partial charge in [0.15, 0.2) is 0 Å². The van der Waals surface area contributed by atoms with Crippen molar-refractivity contribution >= 4 is 17.8 Å². The van der Waals surface area contributed by atoms with Crippen LogP contribution in [0, 0.1) is 0 Å². The molecule has 0 bridgehead atoms. The van der Waals surface area contributed by atoms with Crippen LogP contribution in [-0.4, -0.2) is 39.5 Å². The minimum absolute atomic E-state index is 0.0862. The topological polar surface area (TPSA) is 77.9 Å². The van der Waals surface area contributed by atoms with Crippen molar-refractivity contribution in [1.82, 2.24) is 10.0 Å². The Labute approximate surface area is 97.8 Å². The molecule has 2 aliphatic heterocycles. The fourth-order valence-corrected chi connectivity index (χ4v) is 1.89. The minimum atomic E-state index is -0.925. The van der Waals surface area contributed by atoms with Crippen LogP contribution >= 0.6 is 0 Å². The molecule has 2 heterocycles. The Bertz CT molecular complexity index is 423. The molecule has 0 saturated carbocycles. The SMILES string of the molecule is O=C(O)CC1=CC=CN(N2C(=O)CCC2=O)C1. The quantitative estimate of drug-likeness (QED) is 0.712. The van der Waals surface area contributed by atoms with Gasteiger partial charge in [0.25, 0.3) is 0 Å². The van der Waals surface area contributed by atoms with E-state index in [1.165, 1.54) is 5.01 Å². The molecule has 1 N–H and O–H groups in total. The second kappa shape index (κ2) is 4.40. The smallest absolute Gasteiger partial charge is 0.307 e. The van der Waals surface area contributed by atoms with Crippen LogP contribution < -0.4 is 0 Å². The van der Waals surface area contributed by atoms with E-state index in [0.29, 0.717) is 5.57 Å². The van der Waals surface area contributed by atoms with Gasteiger partial charge in [-0.3, -0.25) is 19.4 Å². The molecule has 6 heteroatoms. The summed E-state index contributed by atoms with van der Waals surface area (Å²) in [6.45, 7) is 0.264. The molecule has 6 nitrogen and oxygen atoms in total. The van der Waals surface area contributed by atoms with Gasteiger partial charge in [0.2, 0.25) is 11.8 Å². The third-order valence-corrected chi connectivity index (χ3v) is 2.62. The van der Waals surface area contributed by atoms with Crippen molar-refractivity contribution in [1.29, 1.82) is 0 Å². The lowest BCUT2D eigenvalue weighted by molar-refractivity contribution is -0.152. The largest absolute Gasteiger partial charge is 0.481 e. The Kier molecular flexibility index (Phi) is 2.95. The normalized spacial score (nSPS) is 19.9. The van der Waals surface area contributed by atoms with Gasteiger partial charge in [-0.15, -0.1) is 0 Å². The Balaban J connectivity index is 2.08. The number of imide groups is 1. The van der Waals surface area contributed by atoms with Crippen LogP contribution in [0.25, 0.3) is 0 Å². The zero-order valence-corrected chi connectivity index (χ0v) is 9.13. The molecule has 2 amide bonds. The first-order chi connectivity index (χ1) is 8.08. The molecule has 2 rings (SSSR count). The summed E-state index contributed by atoms with van der Waals surface area (Å²) in [5.41, 5.74) is 0.660. The second-order valence-electron chi connectivity index (χ2n) is 3.93.